The summed E-state index contributed by atoms with van der Waals surface area (Å²) in [6.07, 6.45) is 17.9. The Hall–Kier alpha value is -0.990. The summed E-state index contributed by atoms with van der Waals surface area (Å²) < 4.78 is 0. The monoisotopic (exact) mass is 323 g/mol. The van der Waals surface area contributed by atoms with E-state index in [4.69, 9.17) is 5.53 Å². The van der Waals surface area contributed by atoms with Crippen LogP contribution in [0.5, 0.6) is 0 Å². The molecule has 3 atom stereocenters. The Morgan fingerprint density at radius 1 is 0.957 bits per heavy atom. The molecule has 0 unspecified atom stereocenters. The summed E-state index contributed by atoms with van der Waals surface area (Å²) in [5.74, 6) is 0.304. The lowest BCUT2D eigenvalue weighted by Gasteiger charge is -2.20. The SMILES string of the molecule is CCCCCCCCCCC/C=C/C[C@@H](C)[C@@H](C)[C@@H](O)N=[N+]=[N-]. The Bertz CT molecular complexity index is 338. The Labute approximate surface area is 143 Å². The third-order valence-electron chi connectivity index (χ3n) is 4.69. The zero-order chi connectivity index (χ0) is 17.3. The lowest BCUT2D eigenvalue weighted by Crippen LogP contribution is -2.21. The highest BCUT2D eigenvalue weighted by Gasteiger charge is 2.18. The topological polar surface area (TPSA) is 69.0 Å². The normalized spacial score (nSPS) is 15.3. The Morgan fingerprint density at radius 2 is 1.52 bits per heavy atom. The van der Waals surface area contributed by atoms with Crippen molar-refractivity contribution in [1.29, 1.82) is 0 Å². The minimum absolute atomic E-state index is 0.0109. The van der Waals surface area contributed by atoms with Crippen LogP contribution in [0.15, 0.2) is 17.3 Å². The van der Waals surface area contributed by atoms with Gasteiger partial charge in [-0.05, 0) is 36.6 Å². The van der Waals surface area contributed by atoms with E-state index in [1.54, 1.807) is 0 Å². The first kappa shape index (κ1) is 22.0. The number of azide groups is 1. The van der Waals surface area contributed by atoms with E-state index < -0.39 is 6.23 Å². The van der Waals surface area contributed by atoms with Gasteiger partial charge in [0.2, 0.25) is 0 Å². The molecule has 0 saturated carbocycles. The third kappa shape index (κ3) is 13.2. The van der Waals surface area contributed by atoms with Crippen molar-refractivity contribution in [3.63, 3.8) is 0 Å². The molecule has 0 fully saturated rings. The molecule has 0 aromatic carbocycles. The highest BCUT2D eigenvalue weighted by molar-refractivity contribution is 4.85. The Kier molecular flexibility index (Phi) is 15.2. The molecule has 0 heterocycles. The van der Waals surface area contributed by atoms with Crippen LogP contribution in [0.3, 0.4) is 0 Å². The molecule has 0 saturated heterocycles. The molecular weight excluding hydrogens is 286 g/mol. The first-order valence-corrected chi connectivity index (χ1v) is 9.50. The average molecular weight is 324 g/mol. The van der Waals surface area contributed by atoms with Crippen LogP contribution in [0.1, 0.15) is 91.4 Å². The lowest BCUT2D eigenvalue weighted by molar-refractivity contribution is 0.0940. The number of hydrogen-bond donors (Lipinski definition) is 1. The molecule has 0 rings (SSSR count). The average Bonchev–Trinajstić information content (AvgIpc) is 2.55. The summed E-state index contributed by atoms with van der Waals surface area (Å²) in [5, 5.41) is 13.0. The van der Waals surface area contributed by atoms with Crippen LogP contribution in [-0.2, 0) is 0 Å². The molecular formula is C19H37N3O. The fourth-order valence-electron chi connectivity index (χ4n) is 2.67. The molecule has 0 aromatic rings. The Morgan fingerprint density at radius 3 is 2.09 bits per heavy atom. The van der Waals surface area contributed by atoms with Crippen molar-refractivity contribution in [2.45, 2.75) is 97.6 Å². The number of aliphatic hydroxyl groups is 1. The molecule has 0 aliphatic heterocycles. The van der Waals surface area contributed by atoms with Gasteiger partial charge in [0.05, 0.1) is 0 Å². The van der Waals surface area contributed by atoms with Crippen molar-refractivity contribution in [2.24, 2.45) is 17.0 Å². The van der Waals surface area contributed by atoms with Crippen LogP contribution in [0, 0.1) is 11.8 Å². The summed E-state index contributed by atoms with van der Waals surface area (Å²) in [7, 11) is 0. The molecule has 134 valence electrons. The first-order valence-electron chi connectivity index (χ1n) is 9.50. The lowest BCUT2D eigenvalue weighted by atomic mass is 9.91. The molecule has 0 aliphatic rings. The summed E-state index contributed by atoms with van der Waals surface area (Å²) in [4.78, 5) is 2.66. The van der Waals surface area contributed by atoms with Gasteiger partial charge < -0.3 is 5.11 Å². The maximum absolute atomic E-state index is 9.63. The van der Waals surface area contributed by atoms with Gasteiger partial charge >= 0.3 is 0 Å². The largest absolute Gasteiger partial charge is 0.387 e. The fourth-order valence-corrected chi connectivity index (χ4v) is 2.67. The van der Waals surface area contributed by atoms with E-state index in [2.05, 4.69) is 36.0 Å². The second kappa shape index (κ2) is 15.9. The fraction of sp³-hybridized carbons (Fsp3) is 0.895. The first-order chi connectivity index (χ1) is 11.1. The highest BCUT2D eigenvalue weighted by Crippen LogP contribution is 2.20. The zero-order valence-corrected chi connectivity index (χ0v) is 15.5. The van der Waals surface area contributed by atoms with Gasteiger partial charge in [-0.2, -0.15) is 0 Å². The van der Waals surface area contributed by atoms with Gasteiger partial charge in [0.25, 0.3) is 0 Å². The predicted octanol–water partition coefficient (Wildman–Crippen LogP) is 6.75. The van der Waals surface area contributed by atoms with Crippen molar-refractivity contribution in [3.8, 4) is 0 Å². The Balaban J connectivity index is 3.51. The minimum Gasteiger partial charge on any atom is -0.387 e. The molecule has 0 spiro atoms. The summed E-state index contributed by atoms with van der Waals surface area (Å²) in [6.45, 7) is 6.28. The summed E-state index contributed by atoms with van der Waals surface area (Å²) in [6, 6.07) is 0. The van der Waals surface area contributed by atoms with Gasteiger partial charge in [0.1, 0.15) is 6.23 Å². The van der Waals surface area contributed by atoms with Gasteiger partial charge in [-0.25, -0.2) is 0 Å². The number of aliphatic hydroxyl groups excluding tert-OH is 1. The van der Waals surface area contributed by atoms with E-state index in [0.717, 1.165) is 12.8 Å². The van der Waals surface area contributed by atoms with E-state index in [1.165, 1.54) is 57.8 Å². The number of unbranched alkanes of at least 4 members (excludes halogenated alkanes) is 9. The second-order valence-electron chi connectivity index (χ2n) is 6.78. The quantitative estimate of drug-likeness (QED) is 0.117. The molecule has 4 nitrogen and oxygen atoms in total. The second-order valence-corrected chi connectivity index (χ2v) is 6.78. The van der Waals surface area contributed by atoms with Crippen LogP contribution in [0.4, 0.5) is 0 Å². The number of rotatable bonds is 15. The molecule has 23 heavy (non-hydrogen) atoms. The smallest absolute Gasteiger partial charge is 0.135 e. The van der Waals surface area contributed by atoms with Gasteiger partial charge in [-0.3, -0.25) is 0 Å². The molecule has 0 amide bonds. The van der Waals surface area contributed by atoms with E-state index in [9.17, 15) is 5.11 Å². The summed E-state index contributed by atoms with van der Waals surface area (Å²) in [5.41, 5.74) is 8.34. The number of hydrogen-bond acceptors (Lipinski definition) is 2. The standard InChI is InChI=1S/C19H37N3O/c1-4-5-6-7-8-9-10-11-12-13-14-15-16-17(2)18(3)19(23)21-22-20/h14-15,17-19,23H,4-13,16H2,1-3H3/b15-14+/t17-,18-,19-/m1/s1. The van der Waals surface area contributed by atoms with Crippen molar-refractivity contribution in [3.05, 3.63) is 22.6 Å². The molecule has 0 radical (unpaired) electrons. The van der Waals surface area contributed by atoms with E-state index in [0.29, 0.717) is 5.92 Å². The van der Waals surface area contributed by atoms with Crippen molar-refractivity contribution < 1.29 is 5.11 Å². The van der Waals surface area contributed by atoms with Crippen LogP contribution >= 0.6 is 0 Å². The van der Waals surface area contributed by atoms with Gasteiger partial charge in [0.15, 0.2) is 0 Å². The summed E-state index contributed by atoms with van der Waals surface area (Å²) >= 11 is 0. The zero-order valence-electron chi connectivity index (χ0n) is 15.5. The highest BCUT2D eigenvalue weighted by atomic mass is 16.3. The van der Waals surface area contributed by atoms with Crippen molar-refractivity contribution in [2.75, 3.05) is 0 Å². The van der Waals surface area contributed by atoms with E-state index in [-0.39, 0.29) is 5.92 Å². The van der Waals surface area contributed by atoms with Crippen molar-refractivity contribution >= 4 is 0 Å². The van der Waals surface area contributed by atoms with Gasteiger partial charge in [-0.1, -0.05) is 89.4 Å². The van der Waals surface area contributed by atoms with Crippen LogP contribution in [0.2, 0.25) is 0 Å². The van der Waals surface area contributed by atoms with Crippen molar-refractivity contribution in [1.82, 2.24) is 0 Å². The minimum atomic E-state index is -0.916. The van der Waals surface area contributed by atoms with E-state index in [1.807, 2.05) is 6.92 Å². The van der Waals surface area contributed by atoms with Gasteiger partial charge in [0, 0.05) is 4.91 Å². The number of allylic oxidation sites excluding steroid dienone is 2. The maximum Gasteiger partial charge on any atom is 0.135 e. The number of nitrogens with zero attached hydrogens (tertiary/aromatic N) is 3. The molecule has 1 N–H and O–H groups in total. The van der Waals surface area contributed by atoms with E-state index >= 15 is 0 Å². The van der Waals surface area contributed by atoms with Crippen LogP contribution in [0.25, 0.3) is 10.4 Å². The van der Waals surface area contributed by atoms with Crippen LogP contribution in [-0.4, -0.2) is 11.3 Å². The molecule has 0 aliphatic carbocycles. The molecule has 0 aromatic heterocycles. The predicted molar refractivity (Wildman–Crippen MR) is 99.1 cm³/mol. The molecule has 4 heteroatoms. The maximum atomic E-state index is 9.63. The van der Waals surface area contributed by atoms with Gasteiger partial charge in [-0.15, -0.1) is 0 Å². The van der Waals surface area contributed by atoms with Crippen LogP contribution < -0.4 is 0 Å². The molecule has 0 bridgehead atoms. The third-order valence-corrected chi connectivity index (χ3v) is 4.69.